The van der Waals surface area contributed by atoms with Crippen LogP contribution in [0.5, 0.6) is 0 Å². The summed E-state index contributed by atoms with van der Waals surface area (Å²) in [5, 5.41) is 32.3. The average molecular weight is 1460 g/mol. The summed E-state index contributed by atoms with van der Waals surface area (Å²) < 4.78 is 13.1. The largest absolute Gasteiger partial charge is 0.478 e. The predicted molar refractivity (Wildman–Crippen MR) is 379 cm³/mol. The Morgan fingerprint density at radius 2 is 0.639 bits per heavy atom. The molecule has 3 fully saturated rings. The molecule has 7 aliphatic heterocycles. The average Bonchev–Trinajstić information content (AvgIpc) is 0.860. The number of imide groups is 5. The summed E-state index contributed by atoms with van der Waals surface area (Å²) in [6.45, 7) is 2.36. The number of nitrogens with one attached hydrogen (secondary N) is 3. The normalized spacial score (nSPS) is 17.2. The van der Waals surface area contributed by atoms with Gasteiger partial charge in [0, 0.05) is 55.0 Å². The van der Waals surface area contributed by atoms with E-state index in [1.807, 2.05) is 72.8 Å². The lowest BCUT2D eigenvalue weighted by molar-refractivity contribution is -0.156. The van der Waals surface area contributed by atoms with Crippen molar-refractivity contribution in [3.8, 4) is 0 Å². The molecule has 108 heavy (non-hydrogen) atoms. The molecular formula is C79H58N6O23. The van der Waals surface area contributed by atoms with E-state index in [9.17, 15) is 86.3 Å². The summed E-state index contributed by atoms with van der Waals surface area (Å²) in [5.41, 5.74) is 7.96. The van der Waals surface area contributed by atoms with Crippen LogP contribution in [-0.4, -0.2) is 145 Å². The second-order valence-electron chi connectivity index (χ2n) is 24.7. The van der Waals surface area contributed by atoms with Crippen molar-refractivity contribution in [1.29, 1.82) is 0 Å². The molecule has 7 heterocycles. The van der Waals surface area contributed by atoms with Gasteiger partial charge in [-0.2, -0.15) is 0 Å². The molecule has 0 saturated carbocycles. The predicted octanol–water partition coefficient (Wildman–Crippen LogP) is 7.87. The third-order valence-electron chi connectivity index (χ3n) is 17.6. The number of fused-ring (bicyclic) bond motifs is 5. The number of esters is 6. The van der Waals surface area contributed by atoms with E-state index in [1.165, 1.54) is 26.0 Å². The summed E-state index contributed by atoms with van der Waals surface area (Å²) in [5.74, 6) is -10.3. The van der Waals surface area contributed by atoms with Crippen molar-refractivity contribution in [1.82, 2.24) is 25.8 Å². The number of hydrogen-bond donors (Lipinski definition) is 6. The molecule has 10 aromatic carbocycles. The summed E-state index contributed by atoms with van der Waals surface area (Å²) in [6.07, 6.45) is 1.39. The molecule has 29 heteroatoms. The highest BCUT2D eigenvalue weighted by molar-refractivity contribution is 6.28. The van der Waals surface area contributed by atoms with Gasteiger partial charge in [0.05, 0.1) is 50.5 Å². The monoisotopic (exact) mass is 1460 g/mol. The minimum Gasteiger partial charge on any atom is -0.478 e. The Morgan fingerprint density at radius 1 is 0.361 bits per heavy atom. The summed E-state index contributed by atoms with van der Waals surface area (Å²) >= 11 is 0. The number of rotatable bonds is 4. The first kappa shape index (κ1) is 74.7. The van der Waals surface area contributed by atoms with Gasteiger partial charge in [0.2, 0.25) is 35.4 Å². The van der Waals surface area contributed by atoms with Gasteiger partial charge in [-0.3, -0.25) is 83.3 Å². The molecule has 17 rings (SSSR count). The third kappa shape index (κ3) is 15.8. The number of piperidine rings is 3. The van der Waals surface area contributed by atoms with Crippen LogP contribution in [0.15, 0.2) is 182 Å². The molecular weight excluding hydrogens is 1400 g/mol. The highest BCUT2D eigenvalue weighted by Crippen LogP contribution is 2.35. The maximum Gasteiger partial charge on any atom is 0.346 e. The van der Waals surface area contributed by atoms with Crippen LogP contribution in [0.1, 0.15) is 156 Å². The molecule has 542 valence electrons. The van der Waals surface area contributed by atoms with Crippen molar-refractivity contribution >= 4 is 161 Å². The van der Waals surface area contributed by atoms with E-state index >= 15 is 0 Å². The molecule has 10 aromatic rings. The first-order valence-corrected chi connectivity index (χ1v) is 32.9. The summed E-state index contributed by atoms with van der Waals surface area (Å²) in [6, 6.07) is 50.3. The second-order valence-corrected chi connectivity index (χ2v) is 24.7. The molecule has 0 bridgehead atoms. The molecule has 0 aliphatic carbocycles. The number of carboxylic acid groups (broad SMARTS) is 2. The lowest BCUT2D eigenvalue weighted by Crippen LogP contribution is -2.57. The fourth-order valence-corrected chi connectivity index (χ4v) is 12.6. The van der Waals surface area contributed by atoms with Gasteiger partial charge in [-0.05, 0) is 123 Å². The summed E-state index contributed by atoms with van der Waals surface area (Å²) in [7, 11) is 0. The van der Waals surface area contributed by atoms with Gasteiger partial charge in [0.25, 0.3) is 23.6 Å². The van der Waals surface area contributed by atoms with Crippen molar-refractivity contribution in [3.63, 3.8) is 0 Å². The van der Waals surface area contributed by atoms with E-state index in [-0.39, 0.29) is 60.4 Å². The number of aromatic carboxylic acids is 2. The Morgan fingerprint density at radius 3 is 0.944 bits per heavy atom. The first-order valence-electron chi connectivity index (χ1n) is 32.9. The highest BCUT2D eigenvalue weighted by Gasteiger charge is 2.46. The van der Waals surface area contributed by atoms with Crippen molar-refractivity contribution in [3.05, 3.63) is 238 Å². The molecule has 29 nitrogen and oxygen atoms in total. The number of cyclic esters (lactones) is 4. The number of ether oxygens (including phenoxy) is 3. The summed E-state index contributed by atoms with van der Waals surface area (Å²) in [4.78, 5) is 207. The van der Waals surface area contributed by atoms with Crippen LogP contribution in [-0.2, 0) is 52.6 Å². The molecule has 0 aromatic heterocycles. The van der Waals surface area contributed by atoms with Gasteiger partial charge in [-0.1, -0.05) is 121 Å². The van der Waals surface area contributed by atoms with Gasteiger partial charge in [0.1, 0.15) is 12.1 Å². The van der Waals surface area contributed by atoms with E-state index in [2.05, 4.69) is 30.2 Å². The number of hydrogen-bond acceptors (Lipinski definition) is 22. The topological polar surface area (TPSA) is 444 Å². The van der Waals surface area contributed by atoms with Crippen molar-refractivity contribution in [2.45, 2.75) is 70.5 Å². The molecule has 0 radical (unpaired) electrons. The third-order valence-corrected chi connectivity index (χ3v) is 17.6. The van der Waals surface area contributed by atoms with Crippen LogP contribution >= 0.6 is 0 Å². The van der Waals surface area contributed by atoms with E-state index in [1.54, 1.807) is 97.1 Å². The Hall–Kier alpha value is -14.5. The highest BCUT2D eigenvalue weighted by atomic mass is 16.6. The first-order chi connectivity index (χ1) is 51.6. The number of carboxylic acids is 2. The van der Waals surface area contributed by atoms with Gasteiger partial charge in [-0.15, -0.1) is 0 Å². The van der Waals surface area contributed by atoms with Gasteiger partial charge >= 0.3 is 47.8 Å². The fourth-order valence-electron chi connectivity index (χ4n) is 12.6. The number of carbonyl (C=O) groups is 18. The molecule has 10 amide bonds. The fraction of sp³-hybridized carbons (Fsp3) is 0.139. The van der Waals surface area contributed by atoms with Crippen LogP contribution in [0.2, 0.25) is 0 Å². The maximum absolute atomic E-state index is 12.8. The number of amides is 10. The van der Waals surface area contributed by atoms with Crippen LogP contribution in [0.25, 0.3) is 53.9 Å². The standard InChI is InChI=1S/2C17H12N2O4.C12H8O4.2C12H6O3.C5H8N2O2.C4H6O3/c20-13-8-7-12(15(21)18-13)19-16(22)10-5-1-3-9-4-2-6-11(14(9)10)17(19)23;20-14-6-5-13(15(21)18-14)19-16(22)11-7-9-3-1-2-4-10(9)8-12(11)17(19)23;13-11(14)9-5-7-3-1-2-4-8(7)6-10(9)12(15)16;13-11-8-5-1-3-7-4-2-6-9(10(7)8)12(14)15-11;13-11-9-5-7-3-1-2-4-8(7)6-10(9)12(14)15-11;6-3-1-2-4(8)7-5(3)9;1-3(5)7-4(2)6/h1-6,12H,7-8H2,(H,18,20,21);1-4,7-8,13H,5-6H2,(H,18,20,21);1-6H,(H,13,14)(H,15,16);2*1-6H;3H,1-2,6H2,(H,7,8,9);1-2H3. The van der Waals surface area contributed by atoms with E-state index in [0.717, 1.165) is 42.1 Å². The SMILES string of the molecule is CC(=O)OC(C)=O.NC1CCC(=O)NC1=O.O=C(O)c1cc2ccccc2cc1C(=O)O.O=C1CCC(N2C(=O)c3cc4ccccc4cc3C2=O)C(=O)N1.O=C1CCC(N2C(=O)c3cccc4cccc(c34)C2=O)C(=O)N1.O=C1OC(=O)c2cc3ccccc3cc21.O=C1OC(=O)c2cccc3cccc1c23. The zero-order valence-corrected chi connectivity index (χ0v) is 56.7. The molecule has 3 atom stereocenters. The Kier molecular flexibility index (Phi) is 21.9. The van der Waals surface area contributed by atoms with E-state index in [4.69, 9.17) is 15.9 Å². The van der Waals surface area contributed by atoms with Crippen molar-refractivity contribution in [2.24, 2.45) is 5.73 Å². The van der Waals surface area contributed by atoms with Gasteiger partial charge < -0.3 is 30.2 Å². The van der Waals surface area contributed by atoms with Crippen LogP contribution in [0.3, 0.4) is 0 Å². The molecule has 7 N–H and O–H groups in total. The minimum atomic E-state index is -1.23. The van der Waals surface area contributed by atoms with Crippen molar-refractivity contribution in [2.75, 3.05) is 0 Å². The lowest BCUT2D eigenvalue weighted by Gasteiger charge is -2.34. The van der Waals surface area contributed by atoms with Gasteiger partial charge in [0.15, 0.2) is 0 Å². The Balaban J connectivity index is 0.000000129. The molecule has 7 aliphatic rings. The second kappa shape index (κ2) is 31.6. The molecule has 3 unspecified atom stereocenters. The number of nitrogens with two attached hydrogens (primary N) is 1. The van der Waals surface area contributed by atoms with Crippen LogP contribution in [0, 0.1) is 0 Å². The van der Waals surface area contributed by atoms with Crippen molar-refractivity contribution < 1.29 is 111 Å². The number of nitrogens with zero attached hydrogens (tertiary/aromatic N) is 2. The zero-order valence-electron chi connectivity index (χ0n) is 56.7. The van der Waals surface area contributed by atoms with Gasteiger partial charge in [-0.25, -0.2) is 28.8 Å². The maximum atomic E-state index is 12.8. The number of carbonyl (C=O) groups excluding carboxylic acids is 16. The zero-order chi connectivity index (χ0) is 77.5. The number of benzene rings is 10. The lowest BCUT2D eigenvalue weighted by atomic mass is 9.92. The molecule has 3 saturated heterocycles. The van der Waals surface area contributed by atoms with E-state index in [0.29, 0.717) is 78.9 Å². The van der Waals surface area contributed by atoms with E-state index < -0.39 is 101 Å². The van der Waals surface area contributed by atoms with Crippen LogP contribution in [0.4, 0.5) is 0 Å². The van der Waals surface area contributed by atoms with Crippen LogP contribution < -0.4 is 21.7 Å². The minimum absolute atomic E-state index is 0.110. The quantitative estimate of drug-likeness (QED) is 0.0422. The molecule has 0 spiro atoms. The Labute approximate surface area is 608 Å². The smallest absolute Gasteiger partial charge is 0.346 e. The Bertz CT molecular complexity index is 5380.